The van der Waals surface area contributed by atoms with E-state index in [4.69, 9.17) is 23.2 Å². The molecule has 0 aliphatic rings. The van der Waals surface area contributed by atoms with Crippen molar-refractivity contribution in [1.82, 2.24) is 0 Å². The van der Waals surface area contributed by atoms with Crippen LogP contribution in [0.2, 0.25) is 5.02 Å². The minimum atomic E-state index is -0.273. The summed E-state index contributed by atoms with van der Waals surface area (Å²) in [7, 11) is 2.04. The molecule has 0 bridgehead atoms. The molecule has 0 atom stereocenters. The third-order valence-corrected chi connectivity index (χ3v) is 2.55. The van der Waals surface area contributed by atoms with E-state index in [1.807, 2.05) is 26.0 Å². The maximum Gasteiger partial charge on any atom is 0.221 e. The number of hydrogen-bond acceptors (Lipinski definition) is 1. The maximum atomic E-state index is 10.5. The van der Waals surface area contributed by atoms with Crippen molar-refractivity contribution in [3.8, 4) is 0 Å². The average Bonchev–Trinajstić information content (AvgIpc) is 2.10. The van der Waals surface area contributed by atoms with Crippen molar-refractivity contribution >= 4 is 41.8 Å². The van der Waals surface area contributed by atoms with Crippen LogP contribution in [0.3, 0.4) is 0 Å². The highest BCUT2D eigenvalue weighted by Crippen LogP contribution is 2.11. The minimum absolute atomic E-state index is 0.273. The molecule has 14 heavy (non-hydrogen) atoms. The highest BCUT2D eigenvalue weighted by Gasteiger charge is 2.01. The van der Waals surface area contributed by atoms with Crippen molar-refractivity contribution < 1.29 is 4.79 Å². The number of carbonyl (C=O) groups is 1. The standard InChI is InChI=1S/C10H11BCl2O/c11-9-5-4-8(12)6-7(9)2-1-3-10(13)14/h4-6H,1-3,11H2. The zero-order chi connectivity index (χ0) is 10.6. The molecule has 1 rings (SSSR count). The van der Waals surface area contributed by atoms with Gasteiger partial charge < -0.3 is 0 Å². The number of rotatable bonds is 4. The lowest BCUT2D eigenvalue weighted by Gasteiger charge is -2.05. The Kier molecular flexibility index (Phi) is 4.50. The van der Waals surface area contributed by atoms with Crippen LogP contribution >= 0.6 is 23.2 Å². The van der Waals surface area contributed by atoms with Gasteiger partial charge in [0.2, 0.25) is 5.24 Å². The Morgan fingerprint density at radius 3 is 2.79 bits per heavy atom. The zero-order valence-corrected chi connectivity index (χ0v) is 9.53. The van der Waals surface area contributed by atoms with Crippen LogP contribution in [0.4, 0.5) is 0 Å². The Balaban J connectivity index is 2.57. The number of carbonyl (C=O) groups excluding carboxylic acids is 1. The second-order valence-corrected chi connectivity index (χ2v) is 4.14. The van der Waals surface area contributed by atoms with E-state index in [-0.39, 0.29) is 5.24 Å². The Bertz CT molecular complexity index is 339. The van der Waals surface area contributed by atoms with Crippen LogP contribution in [0.15, 0.2) is 18.2 Å². The SMILES string of the molecule is Bc1ccc(Cl)cc1CCCC(=O)Cl. The maximum absolute atomic E-state index is 10.5. The molecule has 0 unspecified atom stereocenters. The summed E-state index contributed by atoms with van der Waals surface area (Å²) in [4.78, 5) is 10.5. The monoisotopic (exact) mass is 228 g/mol. The number of halogens is 2. The molecular formula is C10H11BCl2O. The zero-order valence-electron chi connectivity index (χ0n) is 8.02. The normalized spacial score (nSPS) is 10.1. The Labute approximate surface area is 94.8 Å². The van der Waals surface area contributed by atoms with Gasteiger partial charge in [0.25, 0.3) is 0 Å². The van der Waals surface area contributed by atoms with Crippen molar-refractivity contribution in [2.45, 2.75) is 19.3 Å². The molecular weight excluding hydrogens is 218 g/mol. The number of benzene rings is 1. The number of aryl methyl sites for hydroxylation is 1. The van der Waals surface area contributed by atoms with Crippen LogP contribution in [0.25, 0.3) is 0 Å². The Morgan fingerprint density at radius 1 is 1.43 bits per heavy atom. The van der Waals surface area contributed by atoms with Crippen LogP contribution in [-0.4, -0.2) is 13.1 Å². The van der Waals surface area contributed by atoms with E-state index in [0.717, 1.165) is 17.9 Å². The predicted molar refractivity (Wildman–Crippen MR) is 63.4 cm³/mol. The van der Waals surface area contributed by atoms with Gasteiger partial charge in [0.1, 0.15) is 7.85 Å². The highest BCUT2D eigenvalue weighted by atomic mass is 35.5. The van der Waals surface area contributed by atoms with Gasteiger partial charge in [0, 0.05) is 11.4 Å². The predicted octanol–water partition coefficient (Wildman–Crippen LogP) is 1.69. The first kappa shape index (κ1) is 11.6. The molecule has 0 amide bonds. The van der Waals surface area contributed by atoms with Gasteiger partial charge in [-0.2, -0.15) is 0 Å². The fourth-order valence-corrected chi connectivity index (χ4v) is 1.66. The van der Waals surface area contributed by atoms with Gasteiger partial charge in [0.15, 0.2) is 0 Å². The molecule has 0 saturated carbocycles. The summed E-state index contributed by atoms with van der Waals surface area (Å²) in [6.45, 7) is 0. The van der Waals surface area contributed by atoms with Gasteiger partial charge in [-0.05, 0) is 36.6 Å². The molecule has 0 saturated heterocycles. The first-order chi connectivity index (χ1) is 6.59. The second kappa shape index (κ2) is 5.42. The van der Waals surface area contributed by atoms with Gasteiger partial charge >= 0.3 is 0 Å². The van der Waals surface area contributed by atoms with Crippen molar-refractivity contribution in [3.63, 3.8) is 0 Å². The first-order valence-electron chi connectivity index (χ1n) is 4.53. The molecule has 4 heteroatoms. The summed E-state index contributed by atoms with van der Waals surface area (Å²) in [5.74, 6) is 0. The second-order valence-electron chi connectivity index (χ2n) is 3.28. The molecule has 0 spiro atoms. The first-order valence-corrected chi connectivity index (χ1v) is 5.28. The Morgan fingerprint density at radius 2 is 2.14 bits per heavy atom. The minimum Gasteiger partial charge on any atom is -0.281 e. The lowest BCUT2D eigenvalue weighted by atomic mass is 9.88. The third-order valence-electron chi connectivity index (χ3n) is 2.13. The van der Waals surface area contributed by atoms with Crippen molar-refractivity contribution in [2.75, 3.05) is 0 Å². The summed E-state index contributed by atoms with van der Waals surface area (Å²) in [6.07, 6.45) is 2.06. The summed E-state index contributed by atoms with van der Waals surface area (Å²) < 4.78 is 0. The quantitative estimate of drug-likeness (QED) is 0.567. The fourth-order valence-electron chi connectivity index (χ4n) is 1.33. The van der Waals surface area contributed by atoms with E-state index in [9.17, 15) is 4.79 Å². The smallest absolute Gasteiger partial charge is 0.221 e. The van der Waals surface area contributed by atoms with Crippen LogP contribution < -0.4 is 5.46 Å². The average molecular weight is 229 g/mol. The van der Waals surface area contributed by atoms with Crippen LogP contribution in [0.5, 0.6) is 0 Å². The van der Waals surface area contributed by atoms with Crippen LogP contribution in [0, 0.1) is 0 Å². The molecule has 0 heterocycles. The van der Waals surface area contributed by atoms with E-state index >= 15 is 0 Å². The molecule has 1 aromatic carbocycles. The number of hydrogen-bond donors (Lipinski definition) is 0. The molecule has 0 aliphatic heterocycles. The molecule has 0 radical (unpaired) electrons. The molecule has 1 nitrogen and oxygen atoms in total. The van der Waals surface area contributed by atoms with E-state index in [0.29, 0.717) is 6.42 Å². The van der Waals surface area contributed by atoms with E-state index < -0.39 is 0 Å². The third kappa shape index (κ3) is 3.73. The largest absolute Gasteiger partial charge is 0.281 e. The molecule has 1 aromatic rings. The summed E-state index contributed by atoms with van der Waals surface area (Å²) >= 11 is 11.1. The van der Waals surface area contributed by atoms with Gasteiger partial charge in [-0.15, -0.1) is 0 Å². The fraction of sp³-hybridized carbons (Fsp3) is 0.300. The van der Waals surface area contributed by atoms with E-state index in [2.05, 4.69) is 0 Å². The molecule has 0 aliphatic carbocycles. The van der Waals surface area contributed by atoms with Gasteiger partial charge in [-0.25, -0.2) is 0 Å². The van der Waals surface area contributed by atoms with Crippen molar-refractivity contribution in [3.05, 3.63) is 28.8 Å². The lowest BCUT2D eigenvalue weighted by Crippen LogP contribution is -2.10. The topological polar surface area (TPSA) is 17.1 Å². The summed E-state index contributed by atoms with van der Waals surface area (Å²) in [6, 6.07) is 5.79. The van der Waals surface area contributed by atoms with Gasteiger partial charge in [-0.1, -0.05) is 28.7 Å². The van der Waals surface area contributed by atoms with Crippen molar-refractivity contribution in [2.24, 2.45) is 0 Å². The van der Waals surface area contributed by atoms with E-state index in [1.54, 1.807) is 0 Å². The van der Waals surface area contributed by atoms with Gasteiger partial charge in [-0.3, -0.25) is 4.79 Å². The summed E-state index contributed by atoms with van der Waals surface area (Å²) in [5, 5.41) is 0.465. The molecule has 0 aromatic heterocycles. The Hall–Kier alpha value is -0.465. The molecule has 0 N–H and O–H groups in total. The van der Waals surface area contributed by atoms with Crippen LogP contribution in [-0.2, 0) is 11.2 Å². The lowest BCUT2D eigenvalue weighted by molar-refractivity contribution is -0.111. The molecule has 74 valence electrons. The summed E-state index contributed by atoms with van der Waals surface area (Å²) in [5.41, 5.74) is 2.40. The van der Waals surface area contributed by atoms with E-state index in [1.165, 1.54) is 11.0 Å². The van der Waals surface area contributed by atoms with Gasteiger partial charge in [0.05, 0.1) is 0 Å². The van der Waals surface area contributed by atoms with Crippen molar-refractivity contribution in [1.29, 1.82) is 0 Å². The van der Waals surface area contributed by atoms with Crippen LogP contribution in [0.1, 0.15) is 18.4 Å². The highest BCUT2D eigenvalue weighted by molar-refractivity contribution is 6.63. The molecule has 0 fully saturated rings.